The van der Waals surface area contributed by atoms with E-state index in [1.807, 2.05) is 56.3 Å². The molecule has 0 aliphatic carbocycles. The summed E-state index contributed by atoms with van der Waals surface area (Å²) in [5, 5.41) is 3.14. The standard InChI is InChI=1S/C26H27N3O/c1-17-13-14-18(2)21(15-17)16-29-24-12-8-7-11-23(24)28-25(29)20(4)27-26(30)22-10-6-5-9-19(22)3/h5-15,20H,16H2,1-4H3,(H,27,30)/t20-/m0/s1. The maximum absolute atomic E-state index is 12.9. The maximum atomic E-state index is 12.9. The number of carbonyl (C=O) groups excluding carboxylic acids is 1. The monoisotopic (exact) mass is 397 g/mol. The number of rotatable bonds is 5. The van der Waals surface area contributed by atoms with Crippen LogP contribution in [0.2, 0.25) is 0 Å². The van der Waals surface area contributed by atoms with Crippen molar-refractivity contribution in [2.45, 2.75) is 40.3 Å². The molecule has 0 saturated heterocycles. The van der Waals surface area contributed by atoms with E-state index in [4.69, 9.17) is 4.98 Å². The van der Waals surface area contributed by atoms with Crippen LogP contribution in [0.3, 0.4) is 0 Å². The first-order valence-electron chi connectivity index (χ1n) is 10.3. The Morgan fingerprint density at radius 2 is 1.70 bits per heavy atom. The van der Waals surface area contributed by atoms with E-state index in [0.29, 0.717) is 12.1 Å². The van der Waals surface area contributed by atoms with E-state index in [1.54, 1.807) is 0 Å². The fraction of sp³-hybridized carbons (Fsp3) is 0.231. The molecule has 0 bridgehead atoms. The molecule has 152 valence electrons. The van der Waals surface area contributed by atoms with Gasteiger partial charge in [0.05, 0.1) is 17.1 Å². The molecule has 4 rings (SSSR count). The van der Waals surface area contributed by atoms with Crippen molar-refractivity contribution in [2.24, 2.45) is 0 Å². The second kappa shape index (κ2) is 8.15. The van der Waals surface area contributed by atoms with Crippen LogP contribution >= 0.6 is 0 Å². The van der Waals surface area contributed by atoms with E-state index in [1.165, 1.54) is 16.7 Å². The zero-order valence-corrected chi connectivity index (χ0v) is 17.9. The molecule has 0 saturated carbocycles. The molecule has 3 aromatic carbocycles. The topological polar surface area (TPSA) is 46.9 Å². The van der Waals surface area contributed by atoms with Crippen LogP contribution < -0.4 is 5.32 Å². The molecule has 4 heteroatoms. The lowest BCUT2D eigenvalue weighted by molar-refractivity contribution is 0.0937. The minimum absolute atomic E-state index is 0.0778. The molecular formula is C26H27N3O. The van der Waals surface area contributed by atoms with Gasteiger partial charge < -0.3 is 9.88 Å². The molecular weight excluding hydrogens is 370 g/mol. The van der Waals surface area contributed by atoms with Gasteiger partial charge >= 0.3 is 0 Å². The Labute approximate surface area is 177 Å². The van der Waals surface area contributed by atoms with Gasteiger partial charge in [0.2, 0.25) is 0 Å². The second-order valence-electron chi connectivity index (χ2n) is 7.98. The van der Waals surface area contributed by atoms with Crippen molar-refractivity contribution >= 4 is 16.9 Å². The third-order valence-corrected chi connectivity index (χ3v) is 5.64. The van der Waals surface area contributed by atoms with Crippen molar-refractivity contribution < 1.29 is 4.79 Å². The van der Waals surface area contributed by atoms with Crippen LogP contribution in [0.5, 0.6) is 0 Å². The van der Waals surface area contributed by atoms with Gasteiger partial charge in [-0.3, -0.25) is 4.79 Å². The zero-order valence-electron chi connectivity index (χ0n) is 17.9. The first kappa shape index (κ1) is 19.9. The minimum Gasteiger partial charge on any atom is -0.342 e. The average molecular weight is 398 g/mol. The number of nitrogens with one attached hydrogen (secondary N) is 1. The summed E-state index contributed by atoms with van der Waals surface area (Å²) < 4.78 is 2.22. The fourth-order valence-electron chi connectivity index (χ4n) is 3.90. The SMILES string of the molecule is Cc1ccc(C)c(Cn2c([C@H](C)NC(=O)c3ccccc3C)nc3ccccc32)c1. The van der Waals surface area contributed by atoms with E-state index in [0.717, 1.165) is 22.4 Å². The van der Waals surface area contributed by atoms with Crippen molar-refractivity contribution in [3.8, 4) is 0 Å². The normalized spacial score (nSPS) is 12.1. The van der Waals surface area contributed by atoms with Crippen LogP contribution in [0.15, 0.2) is 66.7 Å². The third-order valence-electron chi connectivity index (χ3n) is 5.64. The summed E-state index contributed by atoms with van der Waals surface area (Å²) in [4.78, 5) is 17.8. The van der Waals surface area contributed by atoms with E-state index < -0.39 is 0 Å². The first-order chi connectivity index (χ1) is 14.4. The Kier molecular flexibility index (Phi) is 5.40. The average Bonchev–Trinajstić information content (AvgIpc) is 3.09. The lowest BCUT2D eigenvalue weighted by atomic mass is 10.1. The predicted molar refractivity (Wildman–Crippen MR) is 122 cm³/mol. The van der Waals surface area contributed by atoms with E-state index in [9.17, 15) is 4.79 Å². The number of fused-ring (bicyclic) bond motifs is 1. The summed E-state index contributed by atoms with van der Waals surface area (Å²) >= 11 is 0. The van der Waals surface area contributed by atoms with Gasteiger partial charge in [-0.15, -0.1) is 0 Å². The van der Waals surface area contributed by atoms with Gasteiger partial charge in [-0.1, -0.05) is 54.1 Å². The molecule has 0 aliphatic rings. The molecule has 0 fully saturated rings. The van der Waals surface area contributed by atoms with E-state index in [-0.39, 0.29) is 11.9 Å². The van der Waals surface area contributed by atoms with E-state index >= 15 is 0 Å². The quantitative estimate of drug-likeness (QED) is 0.483. The van der Waals surface area contributed by atoms with Gasteiger partial charge in [0.1, 0.15) is 5.82 Å². The number of aromatic nitrogens is 2. The van der Waals surface area contributed by atoms with Gasteiger partial charge in [-0.05, 0) is 62.6 Å². The molecule has 0 unspecified atom stereocenters. The molecule has 0 radical (unpaired) electrons. The summed E-state index contributed by atoms with van der Waals surface area (Å²) in [5.41, 5.74) is 7.42. The third kappa shape index (κ3) is 3.86. The van der Waals surface area contributed by atoms with Crippen LogP contribution in [0.1, 0.15) is 51.4 Å². The Morgan fingerprint density at radius 3 is 2.50 bits per heavy atom. The largest absolute Gasteiger partial charge is 0.342 e. The van der Waals surface area contributed by atoms with Crippen molar-refractivity contribution in [1.29, 1.82) is 0 Å². The highest BCUT2D eigenvalue weighted by molar-refractivity contribution is 5.95. The second-order valence-corrected chi connectivity index (χ2v) is 7.98. The van der Waals surface area contributed by atoms with Crippen LogP contribution in [-0.2, 0) is 6.54 Å². The zero-order chi connectivity index (χ0) is 21.3. The number of carbonyl (C=O) groups is 1. The number of para-hydroxylation sites is 2. The predicted octanol–water partition coefficient (Wildman–Crippen LogP) is 5.50. The first-order valence-corrected chi connectivity index (χ1v) is 10.3. The Bertz CT molecular complexity index is 1220. The highest BCUT2D eigenvalue weighted by Crippen LogP contribution is 2.24. The van der Waals surface area contributed by atoms with Crippen LogP contribution in [0.4, 0.5) is 0 Å². The van der Waals surface area contributed by atoms with Gasteiger partial charge in [-0.25, -0.2) is 4.98 Å². The van der Waals surface area contributed by atoms with Gasteiger partial charge in [0.25, 0.3) is 5.91 Å². The Hall–Kier alpha value is -3.40. The van der Waals surface area contributed by atoms with Crippen LogP contribution in [0.25, 0.3) is 11.0 Å². The summed E-state index contributed by atoms with van der Waals surface area (Å²) in [6, 6.07) is 22.1. The summed E-state index contributed by atoms with van der Waals surface area (Å²) in [6.45, 7) is 8.91. The molecule has 30 heavy (non-hydrogen) atoms. The smallest absolute Gasteiger partial charge is 0.252 e. The van der Waals surface area contributed by atoms with Crippen LogP contribution in [-0.4, -0.2) is 15.5 Å². The number of imidazole rings is 1. The van der Waals surface area contributed by atoms with Crippen LogP contribution in [0, 0.1) is 20.8 Å². The lowest BCUT2D eigenvalue weighted by Gasteiger charge is -2.18. The highest BCUT2D eigenvalue weighted by Gasteiger charge is 2.20. The van der Waals surface area contributed by atoms with Crippen molar-refractivity contribution in [3.63, 3.8) is 0 Å². The van der Waals surface area contributed by atoms with Crippen molar-refractivity contribution in [3.05, 3.63) is 100 Å². The van der Waals surface area contributed by atoms with Crippen molar-refractivity contribution in [2.75, 3.05) is 0 Å². The molecule has 1 aromatic heterocycles. The number of aryl methyl sites for hydroxylation is 3. The molecule has 0 spiro atoms. The van der Waals surface area contributed by atoms with E-state index in [2.05, 4.69) is 48.0 Å². The summed E-state index contributed by atoms with van der Waals surface area (Å²) in [5.74, 6) is 0.782. The molecule has 1 atom stereocenters. The number of hydrogen-bond acceptors (Lipinski definition) is 2. The lowest BCUT2D eigenvalue weighted by Crippen LogP contribution is -2.29. The summed E-state index contributed by atoms with van der Waals surface area (Å²) in [6.07, 6.45) is 0. The number of nitrogens with zero attached hydrogens (tertiary/aromatic N) is 2. The molecule has 0 aliphatic heterocycles. The summed E-state index contributed by atoms with van der Waals surface area (Å²) in [7, 11) is 0. The Morgan fingerprint density at radius 1 is 0.967 bits per heavy atom. The maximum Gasteiger partial charge on any atom is 0.252 e. The molecule has 1 amide bonds. The van der Waals surface area contributed by atoms with Gasteiger partial charge in [0, 0.05) is 12.1 Å². The van der Waals surface area contributed by atoms with Crippen molar-refractivity contribution in [1.82, 2.24) is 14.9 Å². The van der Waals surface area contributed by atoms with Gasteiger partial charge in [0.15, 0.2) is 0 Å². The molecule has 4 aromatic rings. The number of amides is 1. The molecule has 1 N–H and O–H groups in total. The fourth-order valence-corrected chi connectivity index (χ4v) is 3.90. The Balaban J connectivity index is 1.71. The molecule has 1 heterocycles. The van der Waals surface area contributed by atoms with Gasteiger partial charge in [-0.2, -0.15) is 0 Å². The minimum atomic E-state index is -0.227. The number of hydrogen-bond donors (Lipinski definition) is 1. The molecule has 4 nitrogen and oxygen atoms in total. The highest BCUT2D eigenvalue weighted by atomic mass is 16.1. The number of benzene rings is 3.